The lowest BCUT2D eigenvalue weighted by atomic mass is 10.3. The second-order valence-corrected chi connectivity index (χ2v) is 5.05. The first-order chi connectivity index (χ1) is 7.74. The van der Waals surface area contributed by atoms with Crippen LogP contribution in [0.2, 0.25) is 0 Å². The summed E-state index contributed by atoms with van der Waals surface area (Å²) in [5, 5.41) is 15.8. The molecule has 4 nitrogen and oxygen atoms in total. The molecular weight excluding hydrogens is 242 g/mol. The number of aliphatic hydroxyl groups is 1. The minimum atomic E-state index is -0.0981. The number of thiophene rings is 1. The summed E-state index contributed by atoms with van der Waals surface area (Å²) in [6.07, 6.45) is 1.05. The van der Waals surface area contributed by atoms with Crippen molar-refractivity contribution in [3.8, 4) is 0 Å². The molecule has 0 atom stereocenters. The van der Waals surface area contributed by atoms with Crippen LogP contribution in [0.25, 0.3) is 0 Å². The van der Waals surface area contributed by atoms with Gasteiger partial charge in [-0.05, 0) is 30.8 Å². The smallest absolute Gasteiger partial charge is 0.195 e. The number of aromatic nitrogens is 3. The molecule has 6 heteroatoms. The van der Waals surface area contributed by atoms with Crippen molar-refractivity contribution in [2.45, 2.75) is 26.5 Å². The molecule has 0 saturated carbocycles. The van der Waals surface area contributed by atoms with Gasteiger partial charge in [-0.1, -0.05) is 6.92 Å². The van der Waals surface area contributed by atoms with Crippen LogP contribution in [0.5, 0.6) is 0 Å². The molecule has 2 rings (SSSR count). The monoisotopic (exact) mass is 255 g/mol. The van der Waals surface area contributed by atoms with Gasteiger partial charge in [-0.25, -0.2) is 0 Å². The molecular formula is C10H13N3OS2. The van der Waals surface area contributed by atoms with E-state index in [-0.39, 0.29) is 6.61 Å². The average molecular weight is 255 g/mol. The number of aromatic amines is 1. The van der Waals surface area contributed by atoms with Crippen LogP contribution in [0.1, 0.15) is 22.5 Å². The van der Waals surface area contributed by atoms with E-state index in [1.54, 1.807) is 11.3 Å². The standard InChI is InChI=1S/C10H13N3OS2/c1-2-7-3-4-8(16-7)5-13-9(6-14)11-12-10(13)15/h3-4,14H,2,5-6H2,1H3,(H,12,15). The molecule has 86 valence electrons. The Morgan fingerprint density at radius 2 is 2.25 bits per heavy atom. The first-order valence-corrected chi connectivity index (χ1v) is 6.29. The topological polar surface area (TPSA) is 53.8 Å². The van der Waals surface area contributed by atoms with Crippen LogP contribution < -0.4 is 0 Å². The Morgan fingerprint density at radius 1 is 1.50 bits per heavy atom. The minimum absolute atomic E-state index is 0.0981. The van der Waals surface area contributed by atoms with Crippen LogP contribution in [0.15, 0.2) is 12.1 Å². The SMILES string of the molecule is CCc1ccc(Cn2c(CO)n[nH]c2=S)s1. The van der Waals surface area contributed by atoms with Crippen molar-refractivity contribution in [2.75, 3.05) is 0 Å². The number of hydrogen-bond donors (Lipinski definition) is 2. The van der Waals surface area contributed by atoms with Gasteiger partial charge >= 0.3 is 0 Å². The van der Waals surface area contributed by atoms with E-state index in [1.165, 1.54) is 9.75 Å². The van der Waals surface area contributed by atoms with Crippen molar-refractivity contribution >= 4 is 23.6 Å². The van der Waals surface area contributed by atoms with Crippen molar-refractivity contribution in [2.24, 2.45) is 0 Å². The average Bonchev–Trinajstić information content (AvgIpc) is 2.88. The zero-order valence-electron chi connectivity index (χ0n) is 8.93. The lowest BCUT2D eigenvalue weighted by Gasteiger charge is -2.02. The summed E-state index contributed by atoms with van der Waals surface area (Å²) in [4.78, 5) is 2.58. The first kappa shape index (κ1) is 11.5. The maximum absolute atomic E-state index is 9.11. The van der Waals surface area contributed by atoms with Crippen LogP contribution in [-0.4, -0.2) is 19.9 Å². The van der Waals surface area contributed by atoms with Gasteiger partial charge < -0.3 is 5.11 Å². The number of H-pyrrole nitrogens is 1. The Balaban J connectivity index is 2.26. The van der Waals surface area contributed by atoms with Crippen LogP contribution >= 0.6 is 23.6 Å². The highest BCUT2D eigenvalue weighted by Gasteiger charge is 2.06. The Kier molecular flexibility index (Phi) is 3.52. The Morgan fingerprint density at radius 3 is 2.88 bits per heavy atom. The van der Waals surface area contributed by atoms with Gasteiger partial charge in [-0.15, -0.1) is 11.3 Å². The molecule has 0 spiro atoms. The highest BCUT2D eigenvalue weighted by Crippen LogP contribution is 2.18. The van der Waals surface area contributed by atoms with E-state index in [1.807, 2.05) is 4.57 Å². The van der Waals surface area contributed by atoms with Crippen LogP contribution in [-0.2, 0) is 19.6 Å². The van der Waals surface area contributed by atoms with Crippen molar-refractivity contribution in [1.29, 1.82) is 0 Å². The second-order valence-electron chi connectivity index (χ2n) is 3.41. The Bertz CT molecular complexity index is 526. The lowest BCUT2D eigenvalue weighted by Crippen LogP contribution is -2.04. The molecule has 0 radical (unpaired) electrons. The fraction of sp³-hybridized carbons (Fsp3) is 0.400. The van der Waals surface area contributed by atoms with Crippen LogP contribution in [0.3, 0.4) is 0 Å². The van der Waals surface area contributed by atoms with Crippen molar-refractivity contribution < 1.29 is 5.11 Å². The summed E-state index contributed by atoms with van der Waals surface area (Å²) in [7, 11) is 0. The van der Waals surface area contributed by atoms with Gasteiger partial charge in [0.1, 0.15) is 6.61 Å². The molecule has 0 saturated heterocycles. The van der Waals surface area contributed by atoms with Gasteiger partial charge in [0.2, 0.25) is 0 Å². The van der Waals surface area contributed by atoms with E-state index in [9.17, 15) is 0 Å². The van der Waals surface area contributed by atoms with Crippen LogP contribution in [0.4, 0.5) is 0 Å². The van der Waals surface area contributed by atoms with Gasteiger partial charge in [0.05, 0.1) is 6.54 Å². The highest BCUT2D eigenvalue weighted by atomic mass is 32.1. The maximum Gasteiger partial charge on any atom is 0.195 e. The Hall–Kier alpha value is -0.980. The van der Waals surface area contributed by atoms with Crippen molar-refractivity contribution in [3.05, 3.63) is 32.5 Å². The molecule has 0 aromatic carbocycles. The van der Waals surface area contributed by atoms with E-state index in [0.717, 1.165) is 6.42 Å². The number of rotatable bonds is 4. The van der Waals surface area contributed by atoms with E-state index in [2.05, 4.69) is 29.3 Å². The molecule has 0 aliphatic carbocycles. The summed E-state index contributed by atoms with van der Waals surface area (Å²) in [5.74, 6) is 0.580. The van der Waals surface area contributed by atoms with Crippen molar-refractivity contribution in [3.63, 3.8) is 0 Å². The number of aliphatic hydroxyl groups excluding tert-OH is 1. The zero-order valence-corrected chi connectivity index (χ0v) is 10.6. The third-order valence-corrected chi connectivity index (χ3v) is 3.88. The lowest BCUT2D eigenvalue weighted by molar-refractivity contribution is 0.265. The summed E-state index contributed by atoms with van der Waals surface area (Å²) < 4.78 is 2.37. The second kappa shape index (κ2) is 4.90. The maximum atomic E-state index is 9.11. The summed E-state index contributed by atoms with van der Waals surface area (Å²) in [6, 6.07) is 4.22. The van der Waals surface area contributed by atoms with E-state index >= 15 is 0 Å². The summed E-state index contributed by atoms with van der Waals surface area (Å²) in [5.41, 5.74) is 0. The number of aryl methyl sites for hydroxylation is 1. The minimum Gasteiger partial charge on any atom is -0.388 e. The molecule has 2 heterocycles. The number of hydrogen-bond acceptors (Lipinski definition) is 4. The third-order valence-electron chi connectivity index (χ3n) is 2.36. The largest absolute Gasteiger partial charge is 0.388 e. The summed E-state index contributed by atoms with van der Waals surface area (Å²) in [6.45, 7) is 2.72. The molecule has 0 unspecified atom stereocenters. The number of nitrogens with one attached hydrogen (secondary N) is 1. The fourth-order valence-electron chi connectivity index (χ4n) is 1.49. The molecule has 2 aromatic rings. The summed E-state index contributed by atoms with van der Waals surface area (Å²) >= 11 is 6.88. The highest BCUT2D eigenvalue weighted by molar-refractivity contribution is 7.71. The normalized spacial score (nSPS) is 10.9. The fourth-order valence-corrected chi connectivity index (χ4v) is 2.65. The molecule has 0 aliphatic heterocycles. The van der Waals surface area contributed by atoms with Gasteiger partial charge in [0.25, 0.3) is 0 Å². The Labute approximate surface area is 103 Å². The molecule has 2 N–H and O–H groups in total. The molecule has 0 amide bonds. The zero-order chi connectivity index (χ0) is 11.5. The van der Waals surface area contributed by atoms with Crippen LogP contribution in [0, 0.1) is 4.77 Å². The van der Waals surface area contributed by atoms with Gasteiger partial charge in [-0.3, -0.25) is 9.67 Å². The third kappa shape index (κ3) is 2.23. The van der Waals surface area contributed by atoms with Crippen molar-refractivity contribution in [1.82, 2.24) is 14.8 Å². The molecule has 0 bridgehead atoms. The molecule has 16 heavy (non-hydrogen) atoms. The van der Waals surface area contributed by atoms with Gasteiger partial charge in [-0.2, -0.15) is 5.10 Å². The van der Waals surface area contributed by atoms with Gasteiger partial charge in [0, 0.05) is 9.75 Å². The first-order valence-electron chi connectivity index (χ1n) is 5.07. The van der Waals surface area contributed by atoms with E-state index in [4.69, 9.17) is 17.3 Å². The van der Waals surface area contributed by atoms with E-state index < -0.39 is 0 Å². The molecule has 0 aliphatic rings. The quantitative estimate of drug-likeness (QED) is 0.823. The molecule has 2 aromatic heterocycles. The number of nitrogens with zero attached hydrogens (tertiary/aromatic N) is 2. The van der Waals surface area contributed by atoms with Gasteiger partial charge in [0.15, 0.2) is 10.6 Å². The predicted molar refractivity (Wildman–Crippen MR) is 66.1 cm³/mol. The molecule has 0 fully saturated rings. The van der Waals surface area contributed by atoms with E-state index in [0.29, 0.717) is 17.1 Å². The predicted octanol–water partition coefficient (Wildman–Crippen LogP) is 2.11.